The Kier molecular flexibility index (Phi) is 5.44. The van der Waals surface area contributed by atoms with E-state index in [9.17, 15) is 5.26 Å². The van der Waals surface area contributed by atoms with Crippen LogP contribution in [0.2, 0.25) is 0 Å². The van der Waals surface area contributed by atoms with Gasteiger partial charge in [-0.15, -0.1) is 0 Å². The first kappa shape index (κ1) is 16.4. The van der Waals surface area contributed by atoms with Crippen LogP contribution in [0.5, 0.6) is 11.5 Å². The highest BCUT2D eigenvalue weighted by Crippen LogP contribution is 2.40. The zero-order chi connectivity index (χ0) is 15.3. The fourth-order valence-electron chi connectivity index (χ4n) is 2.70. The van der Waals surface area contributed by atoms with Crippen LogP contribution < -0.4 is 9.47 Å². The number of ether oxygens (including phenoxy) is 2. The van der Waals surface area contributed by atoms with Crippen LogP contribution in [0, 0.1) is 28.6 Å². The average Bonchev–Trinajstić information content (AvgIpc) is 2.43. The summed E-state index contributed by atoms with van der Waals surface area (Å²) in [6, 6.07) is 8.44. The fourth-order valence-corrected chi connectivity index (χ4v) is 2.70. The first-order valence-corrected chi connectivity index (χ1v) is 7.03. The molecule has 0 aromatic heterocycles. The summed E-state index contributed by atoms with van der Waals surface area (Å²) >= 11 is 0. The lowest BCUT2D eigenvalue weighted by Gasteiger charge is -2.35. The topological polar surface area (TPSA) is 42.2 Å². The third kappa shape index (κ3) is 3.07. The van der Waals surface area contributed by atoms with Gasteiger partial charge in [0.05, 0.1) is 25.7 Å². The van der Waals surface area contributed by atoms with Crippen molar-refractivity contribution in [2.75, 3.05) is 14.2 Å². The van der Waals surface area contributed by atoms with Gasteiger partial charge in [-0.1, -0.05) is 33.8 Å². The van der Waals surface area contributed by atoms with Gasteiger partial charge in [-0.2, -0.15) is 5.26 Å². The Morgan fingerprint density at radius 1 is 1.05 bits per heavy atom. The molecule has 1 rings (SSSR count). The van der Waals surface area contributed by atoms with Crippen LogP contribution in [0.15, 0.2) is 18.2 Å². The average molecular weight is 275 g/mol. The Morgan fingerprint density at radius 3 is 2.00 bits per heavy atom. The lowest BCUT2D eigenvalue weighted by Crippen LogP contribution is -2.34. The normalized spacial score (nSPS) is 11.6. The van der Waals surface area contributed by atoms with E-state index < -0.39 is 0 Å². The molecule has 0 radical (unpaired) electrons. The van der Waals surface area contributed by atoms with Crippen LogP contribution in [0.4, 0.5) is 0 Å². The Labute approximate surface area is 122 Å². The minimum absolute atomic E-state index is 0.292. The van der Waals surface area contributed by atoms with Gasteiger partial charge in [0, 0.05) is 0 Å². The third-order valence-corrected chi connectivity index (χ3v) is 4.21. The molecule has 3 heteroatoms. The van der Waals surface area contributed by atoms with Crippen molar-refractivity contribution in [2.45, 2.75) is 34.1 Å². The number of hydrogen-bond acceptors (Lipinski definition) is 3. The Bertz CT molecular complexity index is 478. The second-order valence-corrected chi connectivity index (χ2v) is 5.83. The number of nitrogens with zero attached hydrogens (tertiary/aromatic N) is 1. The molecule has 0 N–H and O–H groups in total. The zero-order valence-electron chi connectivity index (χ0n) is 13.4. The van der Waals surface area contributed by atoms with Gasteiger partial charge in [-0.05, 0) is 36.0 Å². The molecule has 0 amide bonds. The molecule has 0 atom stereocenters. The number of benzene rings is 1. The molecular formula is C17H25NO2. The fraction of sp³-hybridized carbons (Fsp3) is 0.588. The Hall–Kier alpha value is -1.69. The molecule has 1 aromatic carbocycles. The molecule has 20 heavy (non-hydrogen) atoms. The van der Waals surface area contributed by atoms with Crippen molar-refractivity contribution >= 4 is 0 Å². The van der Waals surface area contributed by atoms with Gasteiger partial charge in [0.25, 0.3) is 0 Å². The van der Waals surface area contributed by atoms with Crippen molar-refractivity contribution < 1.29 is 9.47 Å². The molecule has 1 aromatic rings. The van der Waals surface area contributed by atoms with E-state index in [1.54, 1.807) is 14.2 Å². The number of methoxy groups -OCH3 is 2. The maximum Gasteiger partial charge on any atom is 0.160 e. The van der Waals surface area contributed by atoms with Crippen LogP contribution in [-0.4, -0.2) is 14.2 Å². The van der Waals surface area contributed by atoms with E-state index in [0.29, 0.717) is 23.3 Å². The minimum atomic E-state index is -0.362. The lowest BCUT2D eigenvalue weighted by atomic mass is 9.66. The Morgan fingerprint density at radius 2 is 1.60 bits per heavy atom. The molecule has 0 fully saturated rings. The quantitative estimate of drug-likeness (QED) is 0.786. The molecule has 0 saturated carbocycles. The second kappa shape index (κ2) is 6.65. The molecule has 0 spiro atoms. The van der Waals surface area contributed by atoms with Gasteiger partial charge in [-0.25, -0.2) is 0 Å². The summed E-state index contributed by atoms with van der Waals surface area (Å²) in [7, 11) is 3.25. The number of rotatable bonds is 6. The Balaban J connectivity index is 3.16. The van der Waals surface area contributed by atoms with Gasteiger partial charge in [0.1, 0.15) is 0 Å². The van der Waals surface area contributed by atoms with Gasteiger partial charge in [0.2, 0.25) is 0 Å². The van der Waals surface area contributed by atoms with Crippen LogP contribution >= 0.6 is 0 Å². The minimum Gasteiger partial charge on any atom is -0.493 e. The van der Waals surface area contributed by atoms with Crippen molar-refractivity contribution in [1.29, 1.82) is 5.26 Å². The van der Waals surface area contributed by atoms with E-state index in [-0.39, 0.29) is 5.41 Å². The van der Waals surface area contributed by atoms with Gasteiger partial charge in [-0.3, -0.25) is 0 Å². The zero-order valence-corrected chi connectivity index (χ0v) is 13.4. The maximum absolute atomic E-state index is 9.70. The summed E-state index contributed by atoms with van der Waals surface area (Å²) in [6.45, 7) is 8.46. The molecule has 0 aliphatic rings. The van der Waals surface area contributed by atoms with E-state index in [2.05, 4.69) is 33.8 Å². The highest BCUT2D eigenvalue weighted by Gasteiger charge is 2.37. The summed E-state index contributed by atoms with van der Waals surface area (Å²) in [4.78, 5) is 0. The standard InChI is InChI=1S/C17H25NO2/c1-12(2)17(11-18,13(3)4)10-14-7-8-15(19-5)16(9-14)20-6/h7-9,12-13H,10H2,1-6H3. The molecule has 3 nitrogen and oxygen atoms in total. The predicted octanol–water partition coefficient (Wildman–Crippen LogP) is 4.07. The van der Waals surface area contributed by atoms with Gasteiger partial charge in [0.15, 0.2) is 11.5 Å². The molecule has 0 unspecified atom stereocenters. The smallest absolute Gasteiger partial charge is 0.160 e. The molecular weight excluding hydrogens is 250 g/mol. The van der Waals surface area contributed by atoms with E-state index in [4.69, 9.17) is 9.47 Å². The SMILES string of the molecule is COc1ccc(CC(C#N)(C(C)C)C(C)C)cc1OC. The second-order valence-electron chi connectivity index (χ2n) is 5.83. The van der Waals surface area contributed by atoms with Crippen molar-refractivity contribution in [3.8, 4) is 17.6 Å². The van der Waals surface area contributed by atoms with E-state index in [0.717, 1.165) is 12.0 Å². The molecule has 0 bridgehead atoms. The molecule has 0 heterocycles. The lowest BCUT2D eigenvalue weighted by molar-refractivity contribution is 0.188. The van der Waals surface area contributed by atoms with E-state index in [1.165, 1.54) is 0 Å². The van der Waals surface area contributed by atoms with Crippen molar-refractivity contribution in [3.63, 3.8) is 0 Å². The monoisotopic (exact) mass is 275 g/mol. The van der Waals surface area contributed by atoms with Crippen molar-refractivity contribution in [3.05, 3.63) is 23.8 Å². The highest BCUT2D eigenvalue weighted by atomic mass is 16.5. The molecule has 0 aliphatic carbocycles. The molecule has 110 valence electrons. The summed E-state index contributed by atoms with van der Waals surface area (Å²) in [6.07, 6.45) is 0.721. The first-order chi connectivity index (χ1) is 9.41. The molecule has 0 saturated heterocycles. The summed E-state index contributed by atoms with van der Waals surface area (Å²) in [5, 5.41) is 9.70. The first-order valence-electron chi connectivity index (χ1n) is 7.03. The van der Waals surface area contributed by atoms with Gasteiger partial charge < -0.3 is 9.47 Å². The largest absolute Gasteiger partial charge is 0.493 e. The maximum atomic E-state index is 9.70. The highest BCUT2D eigenvalue weighted by molar-refractivity contribution is 5.43. The van der Waals surface area contributed by atoms with Crippen molar-refractivity contribution in [2.24, 2.45) is 17.3 Å². The van der Waals surface area contributed by atoms with Crippen LogP contribution in [0.3, 0.4) is 0 Å². The van der Waals surface area contributed by atoms with Crippen LogP contribution in [-0.2, 0) is 6.42 Å². The van der Waals surface area contributed by atoms with Crippen molar-refractivity contribution in [1.82, 2.24) is 0 Å². The predicted molar refractivity (Wildman–Crippen MR) is 81.0 cm³/mol. The van der Waals surface area contributed by atoms with Crippen LogP contribution in [0.1, 0.15) is 33.3 Å². The van der Waals surface area contributed by atoms with Crippen LogP contribution in [0.25, 0.3) is 0 Å². The number of nitriles is 1. The summed E-state index contributed by atoms with van der Waals surface area (Å²) in [5.41, 5.74) is 0.742. The summed E-state index contributed by atoms with van der Waals surface area (Å²) in [5.74, 6) is 2.01. The summed E-state index contributed by atoms with van der Waals surface area (Å²) < 4.78 is 10.6. The van der Waals surface area contributed by atoms with E-state index in [1.807, 2.05) is 18.2 Å². The number of hydrogen-bond donors (Lipinski definition) is 0. The molecule has 0 aliphatic heterocycles. The third-order valence-electron chi connectivity index (χ3n) is 4.21. The van der Waals surface area contributed by atoms with E-state index >= 15 is 0 Å². The van der Waals surface area contributed by atoms with Gasteiger partial charge >= 0.3 is 0 Å².